The molecule has 2 aromatic rings. The molecule has 2 heterocycles. The number of furan rings is 1. The van der Waals surface area contributed by atoms with Gasteiger partial charge in [0.1, 0.15) is 17.6 Å². The van der Waals surface area contributed by atoms with Gasteiger partial charge in [0.05, 0.1) is 19.5 Å². The van der Waals surface area contributed by atoms with Crippen molar-refractivity contribution < 1.29 is 18.7 Å². The molecule has 1 aliphatic carbocycles. The van der Waals surface area contributed by atoms with Gasteiger partial charge in [-0.3, -0.25) is 0 Å². The summed E-state index contributed by atoms with van der Waals surface area (Å²) < 4.78 is 16.3. The second-order valence-electron chi connectivity index (χ2n) is 6.65. The monoisotopic (exact) mass is 342 g/mol. The number of carbonyl (C=O) groups excluding carboxylic acids is 1. The summed E-state index contributed by atoms with van der Waals surface area (Å²) in [6.45, 7) is 1.04. The van der Waals surface area contributed by atoms with Gasteiger partial charge in [0, 0.05) is 24.1 Å². The minimum atomic E-state index is -0.309. The maximum Gasteiger partial charge on any atom is 0.315 e. The molecule has 1 aromatic heterocycles. The first-order chi connectivity index (χ1) is 12.2. The third kappa shape index (κ3) is 2.98. The predicted octanol–water partition coefficient (Wildman–Crippen LogP) is 2.76. The lowest BCUT2D eigenvalue weighted by Crippen LogP contribution is -2.42. The number of benzene rings is 1. The zero-order chi connectivity index (χ0) is 17.3. The Hall–Kier alpha value is -2.47. The van der Waals surface area contributed by atoms with Crippen LogP contribution in [0.4, 0.5) is 4.79 Å². The van der Waals surface area contributed by atoms with Gasteiger partial charge in [0.15, 0.2) is 0 Å². The molecule has 2 aliphatic rings. The van der Waals surface area contributed by atoms with Crippen LogP contribution in [-0.2, 0) is 10.2 Å². The summed E-state index contributed by atoms with van der Waals surface area (Å²) >= 11 is 0. The van der Waals surface area contributed by atoms with E-state index in [0.717, 1.165) is 18.6 Å². The largest absolute Gasteiger partial charge is 0.493 e. The van der Waals surface area contributed by atoms with Gasteiger partial charge in [-0.25, -0.2) is 4.79 Å². The van der Waals surface area contributed by atoms with Crippen LogP contribution in [-0.4, -0.2) is 32.4 Å². The van der Waals surface area contributed by atoms with Crippen molar-refractivity contribution in [2.24, 2.45) is 0 Å². The number of nitrogens with one attached hydrogen (secondary N) is 2. The maximum absolute atomic E-state index is 12.5. The van der Waals surface area contributed by atoms with Gasteiger partial charge in [-0.2, -0.15) is 0 Å². The summed E-state index contributed by atoms with van der Waals surface area (Å²) in [5.41, 5.74) is 1.21. The summed E-state index contributed by atoms with van der Waals surface area (Å²) in [6.07, 6.45) is 3.46. The smallest absolute Gasteiger partial charge is 0.315 e. The molecule has 2 amide bonds. The van der Waals surface area contributed by atoms with Crippen molar-refractivity contribution >= 4 is 6.03 Å². The molecule has 1 saturated carbocycles. The Morgan fingerprint density at radius 3 is 3.04 bits per heavy atom. The van der Waals surface area contributed by atoms with Gasteiger partial charge >= 0.3 is 6.03 Å². The lowest BCUT2D eigenvalue weighted by molar-refractivity contribution is 0.156. The Bertz CT molecular complexity index is 746. The van der Waals surface area contributed by atoms with E-state index in [-0.39, 0.29) is 23.5 Å². The minimum absolute atomic E-state index is 0.00756. The number of rotatable bonds is 5. The standard InChI is InChI=1S/C19H22N2O4/c1-23-12-14(16-7-4-9-24-16)20-18(22)21-17-11-19(17)8-10-25-15-6-3-2-5-13(15)19/h2-7,9,14,17H,8,10-12H2,1H3,(H2,20,21,22). The van der Waals surface area contributed by atoms with Crippen molar-refractivity contribution in [3.63, 3.8) is 0 Å². The average molecular weight is 342 g/mol. The highest BCUT2D eigenvalue weighted by Gasteiger charge is 2.58. The van der Waals surface area contributed by atoms with Crippen molar-refractivity contribution in [2.45, 2.75) is 30.3 Å². The maximum atomic E-state index is 12.5. The highest BCUT2D eigenvalue weighted by Crippen LogP contribution is 2.55. The fourth-order valence-corrected chi connectivity index (χ4v) is 3.76. The fraction of sp³-hybridized carbons (Fsp3) is 0.421. The molecule has 6 heteroatoms. The van der Waals surface area contributed by atoms with E-state index in [1.807, 2.05) is 24.3 Å². The van der Waals surface area contributed by atoms with Crippen molar-refractivity contribution in [1.29, 1.82) is 0 Å². The van der Waals surface area contributed by atoms with Crippen LogP contribution in [0.5, 0.6) is 5.75 Å². The molecule has 4 rings (SSSR count). The molecule has 3 atom stereocenters. The van der Waals surface area contributed by atoms with Crippen LogP contribution in [0.1, 0.15) is 30.2 Å². The lowest BCUT2D eigenvalue weighted by atomic mass is 9.89. The molecule has 1 spiro atoms. The van der Waals surface area contributed by atoms with Crippen molar-refractivity contribution in [2.75, 3.05) is 20.3 Å². The van der Waals surface area contributed by atoms with Crippen LogP contribution in [0.15, 0.2) is 47.1 Å². The molecule has 1 aliphatic heterocycles. The second kappa shape index (κ2) is 6.44. The molecule has 0 bridgehead atoms. The third-order valence-corrected chi connectivity index (χ3v) is 5.14. The number of methoxy groups -OCH3 is 1. The lowest BCUT2D eigenvalue weighted by Gasteiger charge is -2.27. The van der Waals surface area contributed by atoms with Crippen LogP contribution >= 0.6 is 0 Å². The first kappa shape index (κ1) is 16.0. The normalized spacial score (nSPS) is 24.9. The summed E-state index contributed by atoms with van der Waals surface area (Å²) in [5, 5.41) is 6.04. The van der Waals surface area contributed by atoms with E-state index in [1.54, 1.807) is 19.4 Å². The number of amides is 2. The van der Waals surface area contributed by atoms with Crippen LogP contribution < -0.4 is 15.4 Å². The van der Waals surface area contributed by atoms with Gasteiger partial charge in [-0.1, -0.05) is 18.2 Å². The van der Waals surface area contributed by atoms with Gasteiger partial charge in [-0.05, 0) is 31.0 Å². The molecule has 6 nitrogen and oxygen atoms in total. The average Bonchev–Trinajstić information content (AvgIpc) is 3.05. The van der Waals surface area contributed by atoms with Crippen LogP contribution in [0.2, 0.25) is 0 Å². The molecule has 1 aromatic carbocycles. The molecule has 2 N–H and O–H groups in total. The molecule has 0 saturated heterocycles. The Balaban J connectivity index is 1.42. The third-order valence-electron chi connectivity index (χ3n) is 5.14. The Kier molecular flexibility index (Phi) is 4.13. The van der Waals surface area contributed by atoms with Crippen molar-refractivity contribution in [3.05, 3.63) is 54.0 Å². The Labute approximate surface area is 146 Å². The van der Waals surface area contributed by atoms with E-state index in [4.69, 9.17) is 13.9 Å². The number of urea groups is 1. The summed E-state index contributed by atoms with van der Waals surface area (Å²) in [6, 6.07) is 11.3. The Morgan fingerprint density at radius 2 is 2.24 bits per heavy atom. The minimum Gasteiger partial charge on any atom is -0.493 e. The highest BCUT2D eigenvalue weighted by molar-refractivity contribution is 5.76. The van der Waals surface area contributed by atoms with Crippen LogP contribution in [0.25, 0.3) is 0 Å². The second-order valence-corrected chi connectivity index (χ2v) is 6.65. The van der Waals surface area contributed by atoms with Gasteiger partial charge < -0.3 is 24.5 Å². The number of hydrogen-bond acceptors (Lipinski definition) is 4. The Morgan fingerprint density at radius 1 is 1.36 bits per heavy atom. The van der Waals surface area contributed by atoms with E-state index in [1.165, 1.54) is 5.56 Å². The van der Waals surface area contributed by atoms with Gasteiger partial charge in [0.25, 0.3) is 0 Å². The fourth-order valence-electron chi connectivity index (χ4n) is 3.76. The SMILES string of the molecule is COCC(NC(=O)NC1CC12CCOc1ccccc12)c1ccco1. The van der Waals surface area contributed by atoms with E-state index >= 15 is 0 Å². The van der Waals surface area contributed by atoms with Gasteiger partial charge in [0.2, 0.25) is 0 Å². The predicted molar refractivity (Wildman–Crippen MR) is 91.6 cm³/mol. The quantitative estimate of drug-likeness (QED) is 0.876. The van der Waals surface area contributed by atoms with E-state index in [9.17, 15) is 4.79 Å². The summed E-state index contributed by atoms with van der Waals surface area (Å²) in [7, 11) is 1.60. The summed E-state index contributed by atoms with van der Waals surface area (Å²) in [5.74, 6) is 1.62. The number of para-hydroxylation sites is 1. The number of fused-ring (bicyclic) bond motifs is 2. The van der Waals surface area contributed by atoms with Crippen molar-refractivity contribution in [3.8, 4) is 5.75 Å². The zero-order valence-electron chi connectivity index (χ0n) is 14.2. The van der Waals surface area contributed by atoms with E-state index < -0.39 is 0 Å². The first-order valence-corrected chi connectivity index (χ1v) is 8.54. The molecule has 25 heavy (non-hydrogen) atoms. The zero-order valence-corrected chi connectivity index (χ0v) is 14.2. The molecular weight excluding hydrogens is 320 g/mol. The number of hydrogen-bond donors (Lipinski definition) is 2. The van der Waals surface area contributed by atoms with Crippen LogP contribution in [0, 0.1) is 0 Å². The molecule has 132 valence electrons. The van der Waals surface area contributed by atoms with E-state index in [0.29, 0.717) is 19.0 Å². The van der Waals surface area contributed by atoms with Crippen molar-refractivity contribution in [1.82, 2.24) is 10.6 Å². The van der Waals surface area contributed by atoms with Gasteiger partial charge in [-0.15, -0.1) is 0 Å². The van der Waals surface area contributed by atoms with Crippen LogP contribution in [0.3, 0.4) is 0 Å². The van der Waals surface area contributed by atoms with E-state index in [2.05, 4.69) is 16.7 Å². The topological polar surface area (TPSA) is 72.7 Å². The number of carbonyl (C=O) groups is 1. The first-order valence-electron chi connectivity index (χ1n) is 8.54. The molecule has 1 fully saturated rings. The molecule has 3 unspecified atom stereocenters. The molecular formula is C19H22N2O4. The number of ether oxygens (including phenoxy) is 2. The molecule has 0 radical (unpaired) electrons. The summed E-state index contributed by atoms with van der Waals surface area (Å²) in [4.78, 5) is 12.5. The highest BCUT2D eigenvalue weighted by atomic mass is 16.5.